The Kier molecular flexibility index (Phi) is 3.61. The third-order valence-corrected chi connectivity index (χ3v) is 4.05. The van der Waals surface area contributed by atoms with E-state index in [1.54, 1.807) is 11.8 Å². The summed E-state index contributed by atoms with van der Waals surface area (Å²) in [5, 5.41) is 9.05. The fraction of sp³-hybridized carbons (Fsp3) is 0.385. The molecule has 18 heavy (non-hydrogen) atoms. The number of amides is 1. The van der Waals surface area contributed by atoms with Crippen LogP contribution >= 0.6 is 11.8 Å². The van der Waals surface area contributed by atoms with Gasteiger partial charge in [0.05, 0.1) is 5.69 Å². The Balaban J connectivity index is 2.42. The van der Waals surface area contributed by atoms with Crippen LogP contribution in [0.3, 0.4) is 0 Å². The lowest BCUT2D eigenvalue weighted by atomic mass is 10.1. The molecular formula is C13H15NO3S. The molecule has 1 atom stereocenters. The minimum Gasteiger partial charge on any atom is -0.474 e. The number of hydrogen-bond acceptors (Lipinski definition) is 3. The van der Waals surface area contributed by atoms with E-state index >= 15 is 0 Å². The predicted octanol–water partition coefficient (Wildman–Crippen LogP) is 2.16. The van der Waals surface area contributed by atoms with E-state index in [0.717, 1.165) is 11.3 Å². The molecule has 1 aromatic rings. The van der Waals surface area contributed by atoms with Crippen molar-refractivity contribution in [3.05, 3.63) is 23.8 Å². The molecule has 5 heteroatoms. The Morgan fingerprint density at radius 2 is 2.22 bits per heavy atom. The van der Waals surface area contributed by atoms with Crippen molar-refractivity contribution in [2.24, 2.45) is 0 Å². The van der Waals surface area contributed by atoms with Gasteiger partial charge in [-0.1, -0.05) is 19.9 Å². The molecule has 1 amide bonds. The summed E-state index contributed by atoms with van der Waals surface area (Å²) in [6, 6.07) is 5.82. The highest BCUT2D eigenvalue weighted by Gasteiger charge is 2.30. The van der Waals surface area contributed by atoms with Crippen LogP contribution in [0.4, 0.5) is 5.69 Å². The lowest BCUT2D eigenvalue weighted by Crippen LogP contribution is -2.42. The van der Waals surface area contributed by atoms with Crippen LogP contribution in [0.15, 0.2) is 23.1 Å². The summed E-state index contributed by atoms with van der Waals surface area (Å²) in [6.07, 6.45) is 0.926. The maximum Gasteiger partial charge on any atom is 0.394 e. The lowest BCUT2D eigenvalue weighted by molar-refractivity contribution is -0.148. The number of carboxylic acid groups (broad SMARTS) is 1. The van der Waals surface area contributed by atoms with Crippen molar-refractivity contribution in [1.82, 2.24) is 0 Å². The third kappa shape index (κ3) is 2.36. The van der Waals surface area contributed by atoms with Crippen LogP contribution in [0.25, 0.3) is 0 Å². The molecule has 96 valence electrons. The first-order valence-electron chi connectivity index (χ1n) is 5.87. The topological polar surface area (TPSA) is 57.6 Å². The van der Waals surface area contributed by atoms with E-state index in [9.17, 15) is 9.59 Å². The standard InChI is InChI=1S/C13H15NO3S/c1-3-9-4-5-10-11(6-9)18-8(2)7-14(10)12(15)13(16)17/h4-6,8H,3,7H2,1-2H3,(H,16,17). The fourth-order valence-electron chi connectivity index (χ4n) is 2.01. The lowest BCUT2D eigenvalue weighted by Gasteiger charge is -2.31. The second-order valence-corrected chi connectivity index (χ2v) is 5.79. The number of thioether (sulfide) groups is 1. The maximum absolute atomic E-state index is 11.7. The van der Waals surface area contributed by atoms with Crippen molar-refractivity contribution >= 4 is 29.3 Å². The molecule has 0 saturated heterocycles. The Hall–Kier alpha value is -1.49. The molecule has 1 N–H and O–H groups in total. The average Bonchev–Trinajstić information content (AvgIpc) is 2.35. The highest BCUT2D eigenvalue weighted by Crippen LogP contribution is 2.39. The van der Waals surface area contributed by atoms with Crippen LogP contribution in [0, 0.1) is 0 Å². The van der Waals surface area contributed by atoms with Gasteiger partial charge in [-0.25, -0.2) is 4.79 Å². The summed E-state index contributed by atoms with van der Waals surface area (Å²) in [5.74, 6) is -2.26. The van der Waals surface area contributed by atoms with Gasteiger partial charge in [0.15, 0.2) is 0 Å². The Bertz CT molecular complexity index is 501. The van der Waals surface area contributed by atoms with Gasteiger partial charge in [0.1, 0.15) is 0 Å². The van der Waals surface area contributed by atoms with Crippen molar-refractivity contribution < 1.29 is 14.7 Å². The predicted molar refractivity (Wildman–Crippen MR) is 71.1 cm³/mol. The smallest absolute Gasteiger partial charge is 0.394 e. The molecule has 0 bridgehead atoms. The van der Waals surface area contributed by atoms with Crippen LogP contribution in [0.2, 0.25) is 0 Å². The number of rotatable bonds is 1. The zero-order valence-corrected chi connectivity index (χ0v) is 11.2. The SMILES string of the molecule is CCc1ccc2c(c1)SC(C)CN2C(=O)C(=O)O. The molecule has 0 fully saturated rings. The van der Waals surface area contributed by atoms with Gasteiger partial charge in [0.2, 0.25) is 0 Å². The largest absolute Gasteiger partial charge is 0.474 e. The van der Waals surface area contributed by atoms with E-state index in [1.165, 1.54) is 10.5 Å². The highest BCUT2D eigenvalue weighted by molar-refractivity contribution is 8.00. The molecule has 1 unspecified atom stereocenters. The first-order chi connectivity index (χ1) is 8.52. The Labute approximate surface area is 110 Å². The summed E-state index contributed by atoms with van der Waals surface area (Å²) in [4.78, 5) is 24.9. The minimum absolute atomic E-state index is 0.202. The summed E-state index contributed by atoms with van der Waals surface area (Å²) < 4.78 is 0. The highest BCUT2D eigenvalue weighted by atomic mass is 32.2. The quantitative estimate of drug-likeness (QED) is 0.791. The van der Waals surface area contributed by atoms with Crippen LogP contribution in [0.1, 0.15) is 19.4 Å². The van der Waals surface area contributed by atoms with Crippen molar-refractivity contribution in [2.75, 3.05) is 11.4 Å². The van der Waals surface area contributed by atoms with E-state index in [-0.39, 0.29) is 5.25 Å². The number of benzene rings is 1. The first kappa shape index (κ1) is 13.0. The van der Waals surface area contributed by atoms with Crippen LogP contribution in [-0.4, -0.2) is 28.8 Å². The van der Waals surface area contributed by atoms with E-state index in [1.807, 2.05) is 25.1 Å². The van der Waals surface area contributed by atoms with Crippen LogP contribution < -0.4 is 4.90 Å². The van der Waals surface area contributed by atoms with Crippen molar-refractivity contribution in [3.8, 4) is 0 Å². The minimum atomic E-state index is -1.40. The molecule has 1 aromatic carbocycles. The maximum atomic E-state index is 11.7. The van der Waals surface area contributed by atoms with E-state index in [2.05, 4.69) is 6.92 Å². The Morgan fingerprint density at radius 3 is 2.83 bits per heavy atom. The molecule has 4 nitrogen and oxygen atoms in total. The number of hydrogen-bond donors (Lipinski definition) is 1. The third-order valence-electron chi connectivity index (χ3n) is 2.92. The Morgan fingerprint density at radius 1 is 1.50 bits per heavy atom. The monoisotopic (exact) mass is 265 g/mol. The number of carboxylic acids is 1. The molecule has 1 aliphatic rings. The second-order valence-electron chi connectivity index (χ2n) is 4.31. The molecule has 0 radical (unpaired) electrons. The van der Waals surface area contributed by atoms with Gasteiger partial charge in [-0.3, -0.25) is 4.79 Å². The number of fused-ring (bicyclic) bond motifs is 1. The van der Waals surface area contributed by atoms with Gasteiger partial charge in [0.25, 0.3) is 0 Å². The number of carbonyl (C=O) groups is 2. The molecular weight excluding hydrogens is 250 g/mol. The molecule has 0 aromatic heterocycles. The van der Waals surface area contributed by atoms with Crippen molar-refractivity contribution in [2.45, 2.75) is 30.4 Å². The van der Waals surface area contributed by atoms with Crippen LogP contribution in [-0.2, 0) is 16.0 Å². The van der Waals surface area contributed by atoms with E-state index < -0.39 is 11.9 Å². The number of nitrogens with zero attached hydrogens (tertiary/aromatic N) is 1. The van der Waals surface area contributed by atoms with Gasteiger partial charge in [-0.2, -0.15) is 0 Å². The number of aryl methyl sites for hydroxylation is 1. The molecule has 0 saturated carbocycles. The van der Waals surface area contributed by atoms with Gasteiger partial charge < -0.3 is 10.0 Å². The fourth-order valence-corrected chi connectivity index (χ4v) is 3.19. The summed E-state index contributed by atoms with van der Waals surface area (Å²) in [5.41, 5.74) is 1.90. The van der Waals surface area contributed by atoms with Gasteiger partial charge in [0, 0.05) is 16.7 Å². The molecule has 1 aliphatic heterocycles. The summed E-state index contributed by atoms with van der Waals surface area (Å²) >= 11 is 1.69. The number of carbonyl (C=O) groups excluding carboxylic acids is 1. The molecule has 0 aliphatic carbocycles. The van der Waals surface area contributed by atoms with E-state index in [0.29, 0.717) is 12.2 Å². The molecule has 2 rings (SSSR count). The van der Waals surface area contributed by atoms with Crippen molar-refractivity contribution in [3.63, 3.8) is 0 Å². The second kappa shape index (κ2) is 5.02. The summed E-state index contributed by atoms with van der Waals surface area (Å²) in [7, 11) is 0. The molecule has 0 spiro atoms. The zero-order chi connectivity index (χ0) is 13.3. The number of aliphatic carboxylic acids is 1. The first-order valence-corrected chi connectivity index (χ1v) is 6.75. The van der Waals surface area contributed by atoms with Crippen LogP contribution in [0.5, 0.6) is 0 Å². The number of anilines is 1. The van der Waals surface area contributed by atoms with E-state index in [4.69, 9.17) is 5.11 Å². The van der Waals surface area contributed by atoms with Crippen molar-refractivity contribution in [1.29, 1.82) is 0 Å². The summed E-state index contributed by atoms with van der Waals surface area (Å²) in [6.45, 7) is 4.50. The van der Waals surface area contributed by atoms with Gasteiger partial charge in [-0.05, 0) is 24.1 Å². The van der Waals surface area contributed by atoms with Gasteiger partial charge >= 0.3 is 11.9 Å². The average molecular weight is 265 g/mol. The zero-order valence-electron chi connectivity index (χ0n) is 10.3. The normalized spacial score (nSPS) is 18.3. The molecule has 1 heterocycles. The van der Waals surface area contributed by atoms with Gasteiger partial charge in [-0.15, -0.1) is 11.8 Å².